The Balaban J connectivity index is 2.22. The summed E-state index contributed by atoms with van der Waals surface area (Å²) in [4.78, 5) is 23.9. The third-order valence-electron chi connectivity index (χ3n) is 2.49. The number of esters is 1. The van der Waals surface area contributed by atoms with Gasteiger partial charge in [0.25, 0.3) is 5.91 Å². The Bertz CT molecular complexity index is 633. The molecule has 1 amide bonds. The number of aryl methyl sites for hydroxylation is 1. The van der Waals surface area contributed by atoms with E-state index in [0.29, 0.717) is 21.3 Å². The van der Waals surface area contributed by atoms with Crippen LogP contribution in [0.15, 0.2) is 23.7 Å². The van der Waals surface area contributed by atoms with Gasteiger partial charge in [0, 0.05) is 13.2 Å². The van der Waals surface area contributed by atoms with Crippen molar-refractivity contribution in [2.24, 2.45) is 7.05 Å². The lowest BCUT2D eigenvalue weighted by Crippen LogP contribution is -2.16. The van der Waals surface area contributed by atoms with E-state index in [1.165, 1.54) is 18.4 Å². The lowest BCUT2D eigenvalue weighted by molar-refractivity contribution is 0.0607. The van der Waals surface area contributed by atoms with Crippen molar-refractivity contribution in [2.45, 2.75) is 0 Å². The second kappa shape index (κ2) is 5.46. The van der Waals surface area contributed by atoms with E-state index in [1.54, 1.807) is 35.3 Å². The number of carbonyl (C=O) groups is 2. The molecular weight excluding hydrogens is 288 g/mol. The summed E-state index contributed by atoms with van der Waals surface area (Å²) in [6.45, 7) is 0. The molecule has 2 rings (SSSR count). The third kappa shape index (κ3) is 2.80. The zero-order valence-electron chi connectivity index (χ0n) is 10.3. The second-order valence-corrected chi connectivity index (χ2v) is 5.12. The van der Waals surface area contributed by atoms with E-state index < -0.39 is 5.97 Å². The first-order valence-electron chi connectivity index (χ1n) is 5.32. The van der Waals surface area contributed by atoms with E-state index in [-0.39, 0.29) is 5.91 Å². The van der Waals surface area contributed by atoms with Crippen LogP contribution >= 0.6 is 22.9 Å². The van der Waals surface area contributed by atoms with Gasteiger partial charge in [0.15, 0.2) is 0 Å². The average Bonchev–Trinajstić information content (AvgIpc) is 2.95. The van der Waals surface area contributed by atoms with E-state index in [2.05, 4.69) is 10.1 Å². The van der Waals surface area contributed by atoms with Crippen LogP contribution < -0.4 is 5.32 Å². The van der Waals surface area contributed by atoms with Gasteiger partial charge in [-0.2, -0.15) is 0 Å². The van der Waals surface area contributed by atoms with Gasteiger partial charge in [-0.05, 0) is 17.5 Å². The quantitative estimate of drug-likeness (QED) is 0.886. The molecule has 0 fully saturated rings. The molecule has 100 valence electrons. The van der Waals surface area contributed by atoms with Crippen LogP contribution in [0.25, 0.3) is 0 Å². The average molecular weight is 299 g/mol. The lowest BCUT2D eigenvalue weighted by atomic mass is 10.3. The number of hydrogen-bond acceptors (Lipinski definition) is 4. The molecule has 0 aliphatic rings. The number of methoxy groups -OCH3 is 1. The Kier molecular flexibility index (Phi) is 3.92. The van der Waals surface area contributed by atoms with E-state index in [9.17, 15) is 9.59 Å². The highest BCUT2D eigenvalue weighted by Crippen LogP contribution is 2.24. The molecular formula is C12H11ClN2O3S. The Morgan fingerprint density at radius 2 is 2.21 bits per heavy atom. The van der Waals surface area contributed by atoms with E-state index >= 15 is 0 Å². The molecule has 5 nitrogen and oxygen atoms in total. The zero-order chi connectivity index (χ0) is 14.0. The van der Waals surface area contributed by atoms with Crippen LogP contribution in [-0.4, -0.2) is 23.6 Å². The summed E-state index contributed by atoms with van der Waals surface area (Å²) in [5.41, 5.74) is 0.839. The van der Waals surface area contributed by atoms with Gasteiger partial charge in [-0.1, -0.05) is 11.6 Å². The molecule has 1 N–H and O–H groups in total. The fourth-order valence-corrected chi connectivity index (χ4v) is 2.61. The van der Waals surface area contributed by atoms with Crippen molar-refractivity contribution in [1.29, 1.82) is 0 Å². The number of hydrogen-bond donors (Lipinski definition) is 1. The zero-order valence-corrected chi connectivity index (χ0v) is 11.8. The molecule has 0 aliphatic heterocycles. The van der Waals surface area contributed by atoms with Gasteiger partial charge in [0.2, 0.25) is 0 Å². The van der Waals surface area contributed by atoms with Gasteiger partial charge in [-0.25, -0.2) is 4.79 Å². The van der Waals surface area contributed by atoms with E-state index in [1.807, 2.05) is 0 Å². The van der Waals surface area contributed by atoms with Crippen LogP contribution in [0, 0.1) is 0 Å². The SMILES string of the molecule is COC(=O)c1sccc1NC(=O)c1cc(Cl)cn1C. The van der Waals surface area contributed by atoms with Crippen LogP contribution in [0.3, 0.4) is 0 Å². The predicted molar refractivity (Wildman–Crippen MR) is 74.0 cm³/mol. The molecule has 0 atom stereocenters. The number of thiophene rings is 1. The summed E-state index contributed by atoms with van der Waals surface area (Å²) in [6, 6.07) is 3.21. The Labute approximate surface area is 118 Å². The van der Waals surface area contributed by atoms with E-state index in [0.717, 1.165) is 0 Å². The summed E-state index contributed by atoms with van der Waals surface area (Å²) in [5, 5.41) is 4.85. The topological polar surface area (TPSA) is 60.3 Å². The van der Waals surface area contributed by atoms with Crippen molar-refractivity contribution in [3.63, 3.8) is 0 Å². The summed E-state index contributed by atoms with van der Waals surface area (Å²) in [5.74, 6) is -0.812. The minimum Gasteiger partial charge on any atom is -0.465 e. The Hall–Kier alpha value is -1.79. The van der Waals surface area contributed by atoms with Gasteiger partial charge in [0.1, 0.15) is 10.6 Å². The van der Waals surface area contributed by atoms with E-state index in [4.69, 9.17) is 11.6 Å². The number of carbonyl (C=O) groups excluding carboxylic acids is 2. The van der Waals surface area contributed by atoms with Crippen LogP contribution in [0.5, 0.6) is 0 Å². The molecule has 0 saturated carbocycles. The minimum absolute atomic E-state index is 0.335. The molecule has 2 heterocycles. The highest BCUT2D eigenvalue weighted by molar-refractivity contribution is 7.12. The van der Waals surface area contributed by atoms with Crippen molar-refractivity contribution >= 4 is 40.5 Å². The number of nitrogens with one attached hydrogen (secondary N) is 1. The normalized spacial score (nSPS) is 10.3. The van der Waals surface area contributed by atoms with Gasteiger partial charge in [0.05, 0.1) is 17.8 Å². The van der Waals surface area contributed by atoms with Crippen LogP contribution in [-0.2, 0) is 11.8 Å². The van der Waals surface area contributed by atoms with Gasteiger partial charge in [-0.15, -0.1) is 11.3 Å². The van der Waals surface area contributed by atoms with Gasteiger partial charge < -0.3 is 14.6 Å². The minimum atomic E-state index is -0.477. The fraction of sp³-hybridized carbons (Fsp3) is 0.167. The third-order valence-corrected chi connectivity index (χ3v) is 3.59. The molecule has 0 aliphatic carbocycles. The first-order chi connectivity index (χ1) is 9.02. The fourth-order valence-electron chi connectivity index (χ4n) is 1.59. The predicted octanol–water partition coefficient (Wildman–Crippen LogP) is 2.78. The van der Waals surface area contributed by atoms with Gasteiger partial charge >= 0.3 is 5.97 Å². The summed E-state index contributed by atoms with van der Waals surface area (Å²) in [6.07, 6.45) is 1.63. The van der Waals surface area contributed by atoms with Gasteiger partial charge in [-0.3, -0.25) is 4.79 Å². The van der Waals surface area contributed by atoms with Crippen LogP contribution in [0.1, 0.15) is 20.2 Å². The number of aromatic nitrogens is 1. The first-order valence-corrected chi connectivity index (χ1v) is 6.57. The maximum atomic E-state index is 12.1. The molecule has 2 aromatic heterocycles. The maximum absolute atomic E-state index is 12.1. The van der Waals surface area contributed by atoms with Crippen LogP contribution in [0.2, 0.25) is 5.02 Å². The second-order valence-electron chi connectivity index (χ2n) is 3.76. The number of rotatable bonds is 3. The Morgan fingerprint density at radius 1 is 1.47 bits per heavy atom. The molecule has 0 bridgehead atoms. The molecule has 0 aromatic carbocycles. The molecule has 2 aromatic rings. The smallest absolute Gasteiger partial charge is 0.350 e. The highest BCUT2D eigenvalue weighted by atomic mass is 35.5. The number of anilines is 1. The van der Waals surface area contributed by atoms with Crippen molar-refractivity contribution in [3.05, 3.63) is 39.3 Å². The molecule has 0 unspecified atom stereocenters. The molecule has 0 radical (unpaired) electrons. The monoisotopic (exact) mass is 298 g/mol. The molecule has 19 heavy (non-hydrogen) atoms. The molecule has 0 spiro atoms. The number of nitrogens with zero attached hydrogens (tertiary/aromatic N) is 1. The molecule has 0 saturated heterocycles. The summed E-state index contributed by atoms with van der Waals surface area (Å²) in [7, 11) is 3.01. The first kappa shape index (κ1) is 13.6. The Morgan fingerprint density at radius 3 is 2.79 bits per heavy atom. The van der Waals surface area contributed by atoms with Crippen LogP contribution in [0.4, 0.5) is 5.69 Å². The van der Waals surface area contributed by atoms with Crippen molar-refractivity contribution in [3.8, 4) is 0 Å². The number of amides is 1. The number of halogens is 1. The standard InChI is InChI=1S/C12H11ClN2O3S/c1-15-6-7(13)5-9(15)11(16)14-8-3-4-19-10(8)12(17)18-2/h3-6H,1-2H3,(H,14,16). The summed E-state index contributed by atoms with van der Waals surface area (Å²) >= 11 is 7.03. The van der Waals surface area contributed by atoms with Crippen molar-refractivity contribution in [2.75, 3.05) is 12.4 Å². The highest BCUT2D eigenvalue weighted by Gasteiger charge is 2.17. The molecule has 7 heteroatoms. The largest absolute Gasteiger partial charge is 0.465 e. The van der Waals surface area contributed by atoms with Crippen molar-refractivity contribution < 1.29 is 14.3 Å². The lowest BCUT2D eigenvalue weighted by Gasteiger charge is -2.06. The summed E-state index contributed by atoms with van der Waals surface area (Å²) < 4.78 is 6.26. The van der Waals surface area contributed by atoms with Crippen molar-refractivity contribution in [1.82, 2.24) is 4.57 Å². The maximum Gasteiger partial charge on any atom is 0.350 e. The number of ether oxygens (including phenoxy) is 1.